The molecular formula is C20H23FN2O5S. The molecule has 2 aliphatic heterocycles. The highest BCUT2D eigenvalue weighted by atomic mass is 32.2. The summed E-state index contributed by atoms with van der Waals surface area (Å²) in [6.45, 7) is 2.61. The van der Waals surface area contributed by atoms with Crippen LogP contribution >= 0.6 is 0 Å². The van der Waals surface area contributed by atoms with Gasteiger partial charge in [0.15, 0.2) is 9.84 Å². The van der Waals surface area contributed by atoms with Gasteiger partial charge in [0.05, 0.1) is 17.6 Å². The van der Waals surface area contributed by atoms with Gasteiger partial charge in [-0.05, 0) is 50.5 Å². The van der Waals surface area contributed by atoms with Crippen LogP contribution in [0.4, 0.5) is 4.39 Å². The molecule has 1 aromatic carbocycles. The lowest BCUT2D eigenvalue weighted by atomic mass is 10.0. The van der Waals surface area contributed by atoms with Crippen LogP contribution in [0.2, 0.25) is 0 Å². The summed E-state index contributed by atoms with van der Waals surface area (Å²) >= 11 is 0. The molecule has 2 saturated heterocycles. The lowest BCUT2D eigenvalue weighted by Gasteiger charge is -2.30. The Morgan fingerprint density at radius 3 is 2.66 bits per heavy atom. The molecule has 2 atom stereocenters. The second-order valence-electron chi connectivity index (χ2n) is 7.62. The van der Waals surface area contributed by atoms with E-state index in [9.17, 15) is 17.6 Å². The summed E-state index contributed by atoms with van der Waals surface area (Å²) in [5.74, 6) is -0.367. The van der Waals surface area contributed by atoms with Crippen molar-refractivity contribution in [1.29, 1.82) is 0 Å². The number of aromatic nitrogens is 1. The van der Waals surface area contributed by atoms with Crippen LogP contribution in [-0.2, 0) is 14.6 Å². The third-order valence-electron chi connectivity index (χ3n) is 5.53. The Morgan fingerprint density at radius 2 is 2.03 bits per heavy atom. The highest BCUT2D eigenvalue weighted by molar-refractivity contribution is 7.91. The summed E-state index contributed by atoms with van der Waals surface area (Å²) in [5, 5.41) is 4.01. The Balaban J connectivity index is 1.68. The first-order valence-corrected chi connectivity index (χ1v) is 11.5. The summed E-state index contributed by atoms with van der Waals surface area (Å²) in [5.41, 5.74) is 1.16. The van der Waals surface area contributed by atoms with Crippen molar-refractivity contribution in [3.8, 4) is 11.3 Å². The molecule has 29 heavy (non-hydrogen) atoms. The first kappa shape index (κ1) is 20.0. The zero-order valence-corrected chi connectivity index (χ0v) is 17.0. The van der Waals surface area contributed by atoms with Crippen molar-refractivity contribution in [3.05, 3.63) is 41.4 Å². The van der Waals surface area contributed by atoms with Gasteiger partial charge >= 0.3 is 0 Å². The summed E-state index contributed by atoms with van der Waals surface area (Å²) in [6.07, 6.45) is 2.04. The zero-order chi connectivity index (χ0) is 20.6. The number of carbonyl (C=O) groups is 1. The first-order chi connectivity index (χ1) is 13.8. The number of sulfone groups is 1. The number of rotatable bonds is 5. The normalized spacial score (nSPS) is 23.4. The summed E-state index contributed by atoms with van der Waals surface area (Å²) < 4.78 is 48.4. The van der Waals surface area contributed by atoms with Crippen molar-refractivity contribution in [2.45, 2.75) is 38.3 Å². The molecule has 2 unspecified atom stereocenters. The molecule has 4 rings (SSSR count). The minimum atomic E-state index is -3.17. The standard InChI is InChI=1S/C20H23FN2O5S/c1-13-18(19(22-28-13)14-4-6-15(21)7-5-14)20(24)23(11-17-3-2-9-27-17)16-8-10-29(25,26)12-16/h4-7,16-17H,2-3,8-12H2,1H3. The molecule has 9 heteroatoms. The van der Waals surface area contributed by atoms with E-state index in [4.69, 9.17) is 9.26 Å². The lowest BCUT2D eigenvalue weighted by Crippen LogP contribution is -2.45. The number of ether oxygens (including phenoxy) is 1. The predicted molar refractivity (Wildman–Crippen MR) is 104 cm³/mol. The van der Waals surface area contributed by atoms with E-state index in [1.54, 1.807) is 11.8 Å². The largest absolute Gasteiger partial charge is 0.376 e. The molecule has 7 nitrogen and oxygen atoms in total. The minimum Gasteiger partial charge on any atom is -0.376 e. The van der Waals surface area contributed by atoms with Crippen molar-refractivity contribution < 1.29 is 26.9 Å². The van der Waals surface area contributed by atoms with Gasteiger partial charge in [0, 0.05) is 24.8 Å². The van der Waals surface area contributed by atoms with Crippen LogP contribution in [0, 0.1) is 12.7 Å². The molecule has 0 spiro atoms. The molecule has 1 amide bonds. The molecular weight excluding hydrogens is 399 g/mol. The van der Waals surface area contributed by atoms with E-state index in [1.165, 1.54) is 24.3 Å². The molecule has 2 aliphatic rings. The third kappa shape index (κ3) is 4.20. The topological polar surface area (TPSA) is 89.7 Å². The summed E-state index contributed by atoms with van der Waals surface area (Å²) in [4.78, 5) is 15.2. The Hall–Kier alpha value is -2.26. The molecule has 0 radical (unpaired) electrons. The fourth-order valence-corrected chi connectivity index (χ4v) is 5.73. The highest BCUT2D eigenvalue weighted by Gasteiger charge is 2.38. The van der Waals surface area contributed by atoms with Crippen LogP contribution in [0.15, 0.2) is 28.8 Å². The maximum Gasteiger partial charge on any atom is 0.260 e. The number of halogens is 1. The van der Waals surface area contributed by atoms with Gasteiger partial charge in [-0.15, -0.1) is 0 Å². The molecule has 0 bridgehead atoms. The molecule has 0 aliphatic carbocycles. The number of hydrogen-bond acceptors (Lipinski definition) is 6. The average Bonchev–Trinajstić information content (AvgIpc) is 3.40. The van der Waals surface area contributed by atoms with E-state index in [0.717, 1.165) is 12.8 Å². The molecule has 0 saturated carbocycles. The molecule has 3 heterocycles. The van der Waals surface area contributed by atoms with E-state index in [1.807, 2.05) is 0 Å². The van der Waals surface area contributed by atoms with Crippen molar-refractivity contribution in [2.75, 3.05) is 24.7 Å². The maximum absolute atomic E-state index is 13.6. The van der Waals surface area contributed by atoms with E-state index in [-0.39, 0.29) is 29.1 Å². The first-order valence-electron chi connectivity index (χ1n) is 9.69. The zero-order valence-electron chi connectivity index (χ0n) is 16.1. The quantitative estimate of drug-likeness (QED) is 0.736. The number of amides is 1. The van der Waals surface area contributed by atoms with E-state index in [0.29, 0.717) is 36.6 Å². The SMILES string of the molecule is Cc1onc(-c2ccc(F)cc2)c1C(=O)N(CC1CCCO1)C1CCS(=O)(=O)C1. The molecule has 0 N–H and O–H groups in total. The lowest BCUT2D eigenvalue weighted by molar-refractivity contribution is 0.0440. The van der Waals surface area contributed by atoms with Gasteiger partial charge in [0.2, 0.25) is 0 Å². The van der Waals surface area contributed by atoms with Crippen molar-refractivity contribution in [3.63, 3.8) is 0 Å². The van der Waals surface area contributed by atoms with Crippen LogP contribution in [0.25, 0.3) is 11.3 Å². The van der Waals surface area contributed by atoms with Gasteiger partial charge in [-0.3, -0.25) is 4.79 Å². The summed E-state index contributed by atoms with van der Waals surface area (Å²) in [6, 6.07) is 5.25. The van der Waals surface area contributed by atoms with Crippen LogP contribution in [0.3, 0.4) is 0 Å². The number of carbonyl (C=O) groups excluding carboxylic acids is 1. The van der Waals surface area contributed by atoms with Gasteiger partial charge < -0.3 is 14.2 Å². The van der Waals surface area contributed by atoms with E-state index < -0.39 is 21.7 Å². The summed E-state index contributed by atoms with van der Waals surface area (Å²) in [7, 11) is -3.17. The fourth-order valence-electron chi connectivity index (χ4n) is 4.00. The Bertz CT molecular complexity index is 996. The monoisotopic (exact) mass is 422 g/mol. The second kappa shape index (κ2) is 7.87. The van der Waals surface area contributed by atoms with Crippen molar-refractivity contribution in [1.82, 2.24) is 10.1 Å². The van der Waals surface area contributed by atoms with Gasteiger partial charge in [0.1, 0.15) is 22.8 Å². The molecule has 2 fully saturated rings. The highest BCUT2D eigenvalue weighted by Crippen LogP contribution is 2.30. The number of hydrogen-bond donors (Lipinski definition) is 0. The van der Waals surface area contributed by atoms with Crippen molar-refractivity contribution >= 4 is 15.7 Å². The Kier molecular flexibility index (Phi) is 5.44. The van der Waals surface area contributed by atoms with Crippen LogP contribution in [0.5, 0.6) is 0 Å². The number of aryl methyl sites for hydroxylation is 1. The number of nitrogens with zero attached hydrogens (tertiary/aromatic N) is 2. The molecule has 156 valence electrons. The molecule has 1 aromatic heterocycles. The van der Waals surface area contributed by atoms with Gasteiger partial charge in [-0.2, -0.15) is 0 Å². The van der Waals surface area contributed by atoms with E-state index >= 15 is 0 Å². The van der Waals surface area contributed by atoms with Crippen LogP contribution in [0.1, 0.15) is 35.4 Å². The van der Waals surface area contributed by atoms with Crippen LogP contribution < -0.4 is 0 Å². The van der Waals surface area contributed by atoms with Gasteiger partial charge in [-0.25, -0.2) is 12.8 Å². The smallest absolute Gasteiger partial charge is 0.260 e. The minimum absolute atomic E-state index is 0.0539. The predicted octanol–water partition coefficient (Wildman–Crippen LogP) is 2.60. The Labute approximate surface area is 168 Å². The van der Waals surface area contributed by atoms with Gasteiger partial charge in [-0.1, -0.05) is 5.16 Å². The van der Waals surface area contributed by atoms with Crippen LogP contribution in [-0.4, -0.2) is 61.2 Å². The van der Waals surface area contributed by atoms with E-state index in [2.05, 4.69) is 5.16 Å². The Morgan fingerprint density at radius 1 is 1.28 bits per heavy atom. The number of benzene rings is 1. The van der Waals surface area contributed by atoms with Crippen molar-refractivity contribution in [2.24, 2.45) is 0 Å². The van der Waals surface area contributed by atoms with Gasteiger partial charge in [0.25, 0.3) is 5.91 Å². The second-order valence-corrected chi connectivity index (χ2v) is 9.85. The maximum atomic E-state index is 13.6. The molecule has 2 aromatic rings. The fraction of sp³-hybridized carbons (Fsp3) is 0.500. The third-order valence-corrected chi connectivity index (χ3v) is 7.28. The average molecular weight is 422 g/mol.